The van der Waals surface area contributed by atoms with E-state index >= 15 is 0 Å². The van der Waals surface area contributed by atoms with Crippen LogP contribution in [-0.2, 0) is 14.3 Å². The number of amides is 1. The molecule has 0 spiro atoms. The number of hydrogen-bond donors (Lipinski definition) is 3. The number of hydrogen-bond acceptors (Lipinski definition) is 5. The van der Waals surface area contributed by atoms with Gasteiger partial charge in [-0.3, -0.25) is 4.79 Å². The summed E-state index contributed by atoms with van der Waals surface area (Å²) >= 11 is 0. The summed E-state index contributed by atoms with van der Waals surface area (Å²) < 4.78 is 4.93. The average Bonchev–Trinajstić information content (AvgIpc) is 2.61. The van der Waals surface area contributed by atoms with Crippen molar-refractivity contribution >= 4 is 11.9 Å². The van der Waals surface area contributed by atoms with Crippen LogP contribution >= 0.6 is 0 Å². The first-order chi connectivity index (χ1) is 7.56. The number of nitrogens with two attached hydrogens (primary N) is 1. The van der Waals surface area contributed by atoms with Crippen LogP contribution < -0.4 is 5.73 Å². The number of carboxylic acids is 1. The average molecular weight is 232 g/mol. The van der Waals surface area contributed by atoms with E-state index in [2.05, 4.69) is 0 Å². The predicted molar refractivity (Wildman–Crippen MR) is 53.6 cm³/mol. The van der Waals surface area contributed by atoms with Gasteiger partial charge in [0.05, 0.1) is 12.7 Å². The molecule has 1 aliphatic rings. The number of likely N-dealkylation sites (tertiary alicyclic amines) is 1. The molecule has 4 N–H and O–H groups in total. The Balaban J connectivity index is 2.50. The van der Waals surface area contributed by atoms with Crippen molar-refractivity contribution in [2.75, 3.05) is 26.3 Å². The van der Waals surface area contributed by atoms with Crippen LogP contribution in [0, 0.1) is 0 Å². The highest BCUT2D eigenvalue weighted by Gasteiger charge is 2.38. The molecule has 16 heavy (non-hydrogen) atoms. The molecule has 7 nitrogen and oxygen atoms in total. The summed E-state index contributed by atoms with van der Waals surface area (Å²) in [6.45, 7) is 0.396. The van der Waals surface area contributed by atoms with E-state index in [0.717, 1.165) is 4.90 Å². The molecule has 0 aromatic carbocycles. The molecular weight excluding hydrogens is 216 g/mol. The third-order valence-corrected chi connectivity index (χ3v) is 2.37. The minimum absolute atomic E-state index is 0.0434. The number of aliphatic hydroxyl groups excluding tert-OH is 1. The Morgan fingerprint density at radius 3 is 2.75 bits per heavy atom. The van der Waals surface area contributed by atoms with E-state index in [0.29, 0.717) is 6.54 Å². The van der Waals surface area contributed by atoms with Crippen molar-refractivity contribution in [3.05, 3.63) is 0 Å². The zero-order chi connectivity index (χ0) is 12.1. The maximum absolute atomic E-state index is 11.6. The summed E-state index contributed by atoms with van der Waals surface area (Å²) in [7, 11) is 0. The lowest BCUT2D eigenvalue weighted by Gasteiger charge is -2.20. The monoisotopic (exact) mass is 232 g/mol. The van der Waals surface area contributed by atoms with Gasteiger partial charge >= 0.3 is 5.97 Å². The molecule has 92 valence electrons. The van der Waals surface area contributed by atoms with Crippen molar-refractivity contribution in [1.29, 1.82) is 0 Å². The van der Waals surface area contributed by atoms with Crippen LogP contribution in [0.25, 0.3) is 0 Å². The van der Waals surface area contributed by atoms with Crippen LogP contribution in [0.1, 0.15) is 6.42 Å². The molecule has 1 amide bonds. The minimum atomic E-state index is -1.11. The van der Waals surface area contributed by atoms with Gasteiger partial charge in [-0.25, -0.2) is 4.79 Å². The summed E-state index contributed by atoms with van der Waals surface area (Å²) in [4.78, 5) is 23.5. The van der Waals surface area contributed by atoms with E-state index in [4.69, 9.17) is 15.6 Å². The summed E-state index contributed by atoms with van der Waals surface area (Å²) in [5.41, 5.74) is 5.18. The molecule has 1 saturated heterocycles. The molecule has 1 fully saturated rings. The number of aliphatic hydroxyl groups is 1. The maximum atomic E-state index is 11.6. The Morgan fingerprint density at radius 1 is 1.50 bits per heavy atom. The topological polar surface area (TPSA) is 113 Å². The Morgan fingerprint density at radius 2 is 2.19 bits per heavy atom. The van der Waals surface area contributed by atoms with Gasteiger partial charge in [0.25, 0.3) is 0 Å². The Kier molecular flexibility index (Phi) is 4.66. The van der Waals surface area contributed by atoms with Gasteiger partial charge in [0.15, 0.2) is 0 Å². The van der Waals surface area contributed by atoms with E-state index in [1.54, 1.807) is 0 Å². The molecule has 0 aromatic rings. The Labute approximate surface area is 92.8 Å². The molecule has 0 saturated carbocycles. The number of ether oxygens (including phenoxy) is 1. The van der Waals surface area contributed by atoms with Crippen LogP contribution in [0.15, 0.2) is 0 Å². The fourth-order valence-corrected chi connectivity index (χ4v) is 1.65. The zero-order valence-electron chi connectivity index (χ0n) is 8.83. The van der Waals surface area contributed by atoms with Crippen LogP contribution in [0.5, 0.6) is 0 Å². The van der Waals surface area contributed by atoms with Crippen molar-refractivity contribution in [2.45, 2.75) is 18.6 Å². The van der Waals surface area contributed by atoms with Crippen LogP contribution in [0.4, 0.5) is 0 Å². The largest absolute Gasteiger partial charge is 0.480 e. The van der Waals surface area contributed by atoms with Crippen molar-refractivity contribution < 1.29 is 24.5 Å². The first-order valence-electron chi connectivity index (χ1n) is 5.04. The Hall–Kier alpha value is -1.18. The Bertz CT molecular complexity index is 271. The van der Waals surface area contributed by atoms with Gasteiger partial charge < -0.3 is 25.6 Å². The van der Waals surface area contributed by atoms with Gasteiger partial charge in [0, 0.05) is 19.5 Å². The van der Waals surface area contributed by atoms with Crippen molar-refractivity contribution in [1.82, 2.24) is 4.90 Å². The second-order valence-corrected chi connectivity index (χ2v) is 3.63. The van der Waals surface area contributed by atoms with E-state index in [-0.39, 0.29) is 26.2 Å². The molecule has 0 aromatic heterocycles. The zero-order valence-corrected chi connectivity index (χ0v) is 8.83. The van der Waals surface area contributed by atoms with Gasteiger partial charge in [0.1, 0.15) is 12.6 Å². The first-order valence-corrected chi connectivity index (χ1v) is 5.04. The van der Waals surface area contributed by atoms with E-state index in [1.165, 1.54) is 0 Å². The third-order valence-electron chi connectivity index (χ3n) is 2.37. The predicted octanol–water partition coefficient (Wildman–Crippen LogP) is -1.99. The minimum Gasteiger partial charge on any atom is -0.480 e. The van der Waals surface area contributed by atoms with Crippen LogP contribution in [0.3, 0.4) is 0 Å². The summed E-state index contributed by atoms with van der Waals surface area (Å²) in [6.07, 6.45) is -0.711. The number of aliphatic carboxylic acids is 1. The lowest BCUT2D eigenvalue weighted by molar-refractivity contribution is -0.150. The smallest absolute Gasteiger partial charge is 0.326 e. The van der Waals surface area contributed by atoms with Crippen LogP contribution in [-0.4, -0.2) is 65.4 Å². The van der Waals surface area contributed by atoms with E-state index < -0.39 is 24.0 Å². The number of carbonyl (C=O) groups excluding carboxylic acids is 1. The second kappa shape index (κ2) is 5.78. The molecule has 7 heteroatoms. The second-order valence-electron chi connectivity index (χ2n) is 3.63. The fraction of sp³-hybridized carbons (Fsp3) is 0.778. The lowest BCUT2D eigenvalue weighted by atomic mass is 10.2. The van der Waals surface area contributed by atoms with Crippen molar-refractivity contribution in [2.24, 2.45) is 5.73 Å². The van der Waals surface area contributed by atoms with Gasteiger partial charge in [-0.05, 0) is 0 Å². The van der Waals surface area contributed by atoms with Gasteiger partial charge in [0.2, 0.25) is 5.91 Å². The number of rotatable bonds is 5. The quantitative estimate of drug-likeness (QED) is 0.473. The third kappa shape index (κ3) is 3.16. The molecule has 1 rings (SSSR count). The number of β-amino-alcohol motifs (C(OH)–C–C–N with tert-alkyl or cyclic N) is 1. The summed E-state index contributed by atoms with van der Waals surface area (Å²) in [6, 6.07) is -0.955. The standard InChI is InChI=1S/C9H16N2O5/c10-1-2-16-5-8(13)11-4-6(12)3-7(11)9(14)15/h6-7,12H,1-5,10H2,(H,14,15). The maximum Gasteiger partial charge on any atom is 0.326 e. The number of carboxylic acid groups (broad SMARTS) is 1. The van der Waals surface area contributed by atoms with Crippen molar-refractivity contribution in [3.63, 3.8) is 0 Å². The summed E-state index contributed by atoms with van der Waals surface area (Å²) in [5, 5.41) is 18.2. The first kappa shape index (κ1) is 12.9. The number of carbonyl (C=O) groups is 2. The highest BCUT2D eigenvalue weighted by molar-refractivity contribution is 5.85. The molecule has 0 aliphatic carbocycles. The molecule has 2 atom stereocenters. The van der Waals surface area contributed by atoms with Gasteiger partial charge in [-0.2, -0.15) is 0 Å². The fourth-order valence-electron chi connectivity index (χ4n) is 1.65. The lowest BCUT2D eigenvalue weighted by Crippen LogP contribution is -2.42. The highest BCUT2D eigenvalue weighted by Crippen LogP contribution is 2.18. The molecule has 0 bridgehead atoms. The molecular formula is C9H16N2O5. The van der Waals surface area contributed by atoms with E-state index in [1.807, 2.05) is 0 Å². The molecule has 1 heterocycles. The van der Waals surface area contributed by atoms with Gasteiger partial charge in [-0.15, -0.1) is 0 Å². The molecule has 1 aliphatic heterocycles. The van der Waals surface area contributed by atoms with Crippen molar-refractivity contribution in [3.8, 4) is 0 Å². The van der Waals surface area contributed by atoms with E-state index in [9.17, 15) is 14.7 Å². The van der Waals surface area contributed by atoms with Gasteiger partial charge in [-0.1, -0.05) is 0 Å². The highest BCUT2D eigenvalue weighted by atomic mass is 16.5. The molecule has 0 radical (unpaired) electrons. The SMILES string of the molecule is NCCOCC(=O)N1CC(O)CC1C(=O)O. The normalized spacial score (nSPS) is 24.8. The van der Waals surface area contributed by atoms with Crippen LogP contribution in [0.2, 0.25) is 0 Å². The summed E-state index contributed by atoms with van der Waals surface area (Å²) in [5.74, 6) is -1.54. The number of nitrogens with zero attached hydrogens (tertiary/aromatic N) is 1. The molecule has 2 unspecified atom stereocenters.